The van der Waals surface area contributed by atoms with Crippen LogP contribution in [0, 0.1) is 0 Å². The minimum absolute atomic E-state index is 0.0475. The fourth-order valence-corrected chi connectivity index (χ4v) is 1.91. The first-order valence-corrected chi connectivity index (χ1v) is 5.38. The number of rotatable bonds is 2. The molecule has 4 heteroatoms. The molecule has 1 heterocycles. The number of nitrogens with one attached hydrogen (secondary N) is 1. The van der Waals surface area contributed by atoms with Crippen LogP contribution < -0.4 is 10.2 Å². The molecule has 1 aromatic rings. The molecule has 3 nitrogen and oxygen atoms in total. The van der Waals surface area contributed by atoms with Crippen LogP contribution in [0.5, 0.6) is 0 Å². The van der Waals surface area contributed by atoms with Gasteiger partial charge < -0.3 is 9.64 Å². The lowest BCUT2D eigenvalue weighted by molar-refractivity contribution is 0.102. The van der Waals surface area contributed by atoms with Crippen LogP contribution in [-0.4, -0.2) is 27.2 Å². The Morgan fingerprint density at radius 2 is 2.27 bits per heavy atom. The van der Waals surface area contributed by atoms with Crippen molar-refractivity contribution in [3.8, 4) is 0 Å². The molecule has 1 atom stereocenters. The Morgan fingerprint density at radius 3 is 2.80 bits per heavy atom. The zero-order valence-corrected chi connectivity index (χ0v) is 9.71. The summed E-state index contributed by atoms with van der Waals surface area (Å²) in [6.07, 6.45) is -0.0475. The third-order valence-corrected chi connectivity index (χ3v) is 2.83. The van der Waals surface area contributed by atoms with Crippen LogP contribution in [0.4, 0.5) is 5.69 Å². The maximum Gasteiger partial charge on any atom is 0.135 e. The van der Waals surface area contributed by atoms with Gasteiger partial charge in [0.1, 0.15) is 6.23 Å². The lowest BCUT2D eigenvalue weighted by Gasteiger charge is -2.16. The molecule has 15 heavy (non-hydrogen) atoms. The standard InChI is InChI=1S/C11H15ClN2O/c1-14(2)8-3-4-9(10(12)7-8)11-13-5-6-15-11/h3-4,7,11,13H,5-6H2,1-2H3. The maximum atomic E-state index is 6.21. The molecule has 2 rings (SSSR count). The van der Waals surface area contributed by atoms with E-state index in [0.717, 1.165) is 29.4 Å². The topological polar surface area (TPSA) is 24.5 Å². The summed E-state index contributed by atoms with van der Waals surface area (Å²) in [6, 6.07) is 6.02. The van der Waals surface area contributed by atoms with Gasteiger partial charge in [-0.2, -0.15) is 0 Å². The zero-order valence-electron chi connectivity index (χ0n) is 8.96. The van der Waals surface area contributed by atoms with Crippen molar-refractivity contribution in [1.29, 1.82) is 0 Å². The highest BCUT2D eigenvalue weighted by atomic mass is 35.5. The van der Waals surface area contributed by atoms with E-state index in [1.54, 1.807) is 0 Å². The van der Waals surface area contributed by atoms with Crippen LogP contribution in [0.3, 0.4) is 0 Å². The van der Waals surface area contributed by atoms with Crippen LogP contribution in [0.25, 0.3) is 0 Å². The van der Waals surface area contributed by atoms with Crippen molar-refractivity contribution in [2.45, 2.75) is 6.23 Å². The highest BCUT2D eigenvalue weighted by Gasteiger charge is 2.19. The van der Waals surface area contributed by atoms with Gasteiger partial charge in [0, 0.05) is 36.9 Å². The minimum atomic E-state index is -0.0475. The van der Waals surface area contributed by atoms with Crippen molar-refractivity contribution >= 4 is 17.3 Å². The summed E-state index contributed by atoms with van der Waals surface area (Å²) in [6.45, 7) is 1.63. The van der Waals surface area contributed by atoms with Crippen molar-refractivity contribution in [2.24, 2.45) is 0 Å². The Bertz CT molecular complexity index is 348. The van der Waals surface area contributed by atoms with Gasteiger partial charge in [-0.1, -0.05) is 17.7 Å². The Labute approximate surface area is 95.0 Å². The molecule has 1 unspecified atom stereocenters. The van der Waals surface area contributed by atoms with E-state index in [2.05, 4.69) is 5.32 Å². The third kappa shape index (κ3) is 2.25. The predicted molar refractivity (Wildman–Crippen MR) is 62.5 cm³/mol. The van der Waals surface area contributed by atoms with E-state index in [1.807, 2.05) is 37.2 Å². The first-order chi connectivity index (χ1) is 7.18. The van der Waals surface area contributed by atoms with Gasteiger partial charge in [0.2, 0.25) is 0 Å². The first-order valence-electron chi connectivity index (χ1n) is 5.00. The van der Waals surface area contributed by atoms with E-state index < -0.39 is 0 Å². The molecule has 1 fully saturated rings. The van der Waals surface area contributed by atoms with E-state index in [-0.39, 0.29) is 6.23 Å². The van der Waals surface area contributed by atoms with E-state index in [0.29, 0.717) is 0 Å². The summed E-state index contributed by atoms with van der Waals surface area (Å²) in [4.78, 5) is 2.03. The molecule has 0 amide bonds. The molecule has 0 saturated carbocycles. The zero-order chi connectivity index (χ0) is 10.8. The van der Waals surface area contributed by atoms with Crippen LogP contribution in [-0.2, 0) is 4.74 Å². The number of hydrogen-bond donors (Lipinski definition) is 1. The average Bonchev–Trinajstić information content (AvgIpc) is 2.70. The second-order valence-corrected chi connectivity index (χ2v) is 4.21. The van der Waals surface area contributed by atoms with Crippen molar-refractivity contribution in [1.82, 2.24) is 5.32 Å². The average molecular weight is 227 g/mol. The highest BCUT2D eigenvalue weighted by molar-refractivity contribution is 6.31. The molecule has 0 radical (unpaired) electrons. The molecular formula is C11H15ClN2O. The molecule has 0 bridgehead atoms. The molecule has 0 aliphatic carbocycles. The second-order valence-electron chi connectivity index (χ2n) is 3.81. The smallest absolute Gasteiger partial charge is 0.135 e. The molecule has 1 saturated heterocycles. The number of hydrogen-bond acceptors (Lipinski definition) is 3. The lowest BCUT2D eigenvalue weighted by Crippen LogP contribution is -2.15. The van der Waals surface area contributed by atoms with Gasteiger partial charge in [-0.05, 0) is 12.1 Å². The predicted octanol–water partition coefficient (Wildman–Crippen LogP) is 2.02. The SMILES string of the molecule is CN(C)c1ccc(C2NCCO2)c(Cl)c1. The van der Waals surface area contributed by atoms with Gasteiger partial charge in [0.05, 0.1) is 6.61 Å². The highest BCUT2D eigenvalue weighted by Crippen LogP contribution is 2.29. The summed E-state index contributed by atoms with van der Waals surface area (Å²) in [5, 5.41) is 3.99. The van der Waals surface area contributed by atoms with Gasteiger partial charge in [0.15, 0.2) is 0 Å². The van der Waals surface area contributed by atoms with Crippen LogP contribution in [0.1, 0.15) is 11.8 Å². The van der Waals surface area contributed by atoms with Crippen molar-refractivity contribution in [3.63, 3.8) is 0 Å². The van der Waals surface area contributed by atoms with Crippen LogP contribution >= 0.6 is 11.6 Å². The van der Waals surface area contributed by atoms with E-state index in [4.69, 9.17) is 16.3 Å². The molecule has 0 spiro atoms. The number of ether oxygens (including phenoxy) is 1. The Hall–Kier alpha value is -0.770. The first kappa shape index (κ1) is 10.7. The van der Waals surface area contributed by atoms with E-state index in [1.165, 1.54) is 0 Å². The molecule has 0 aromatic heterocycles. The summed E-state index contributed by atoms with van der Waals surface area (Å²) >= 11 is 6.21. The largest absolute Gasteiger partial charge is 0.378 e. The van der Waals surface area contributed by atoms with E-state index >= 15 is 0 Å². The Kier molecular flexibility index (Phi) is 3.14. The van der Waals surface area contributed by atoms with Crippen LogP contribution in [0.15, 0.2) is 18.2 Å². The quantitative estimate of drug-likeness (QED) is 0.835. The molecule has 1 N–H and O–H groups in total. The van der Waals surface area contributed by atoms with Crippen molar-refractivity contribution in [2.75, 3.05) is 32.1 Å². The number of halogens is 1. The third-order valence-electron chi connectivity index (χ3n) is 2.50. The normalized spacial score (nSPS) is 20.6. The van der Waals surface area contributed by atoms with Crippen molar-refractivity contribution < 1.29 is 4.74 Å². The molecular weight excluding hydrogens is 212 g/mol. The fourth-order valence-electron chi connectivity index (χ4n) is 1.63. The number of nitrogens with zero attached hydrogens (tertiary/aromatic N) is 1. The monoisotopic (exact) mass is 226 g/mol. The minimum Gasteiger partial charge on any atom is -0.378 e. The van der Waals surface area contributed by atoms with Crippen LogP contribution in [0.2, 0.25) is 5.02 Å². The van der Waals surface area contributed by atoms with E-state index in [9.17, 15) is 0 Å². The summed E-state index contributed by atoms with van der Waals surface area (Å²) in [5.41, 5.74) is 2.11. The number of benzene rings is 1. The lowest BCUT2D eigenvalue weighted by atomic mass is 10.1. The maximum absolute atomic E-state index is 6.21. The van der Waals surface area contributed by atoms with Gasteiger partial charge in [-0.25, -0.2) is 0 Å². The van der Waals surface area contributed by atoms with Gasteiger partial charge in [-0.15, -0.1) is 0 Å². The molecule has 82 valence electrons. The summed E-state index contributed by atoms with van der Waals surface area (Å²) < 4.78 is 5.51. The molecule has 1 aliphatic rings. The number of anilines is 1. The van der Waals surface area contributed by atoms with Gasteiger partial charge in [-0.3, -0.25) is 5.32 Å². The molecule has 1 aliphatic heterocycles. The fraction of sp³-hybridized carbons (Fsp3) is 0.455. The Balaban J connectivity index is 2.25. The Morgan fingerprint density at radius 1 is 1.47 bits per heavy atom. The van der Waals surface area contributed by atoms with Crippen molar-refractivity contribution in [3.05, 3.63) is 28.8 Å². The van der Waals surface area contributed by atoms with Gasteiger partial charge >= 0.3 is 0 Å². The second kappa shape index (κ2) is 4.39. The summed E-state index contributed by atoms with van der Waals surface area (Å²) in [7, 11) is 3.99. The summed E-state index contributed by atoms with van der Waals surface area (Å²) in [5.74, 6) is 0. The van der Waals surface area contributed by atoms with Gasteiger partial charge in [0.25, 0.3) is 0 Å². The molecule has 1 aromatic carbocycles.